The first-order valence-electron chi connectivity index (χ1n) is 7.47. The molecule has 19 heavy (non-hydrogen) atoms. The van der Waals surface area contributed by atoms with Gasteiger partial charge in [-0.05, 0) is 43.4 Å². The Morgan fingerprint density at radius 1 is 1.11 bits per heavy atom. The van der Waals surface area contributed by atoms with Crippen molar-refractivity contribution in [2.45, 2.75) is 25.3 Å². The fourth-order valence-corrected chi connectivity index (χ4v) is 4.47. The fraction of sp³-hybridized carbons (Fsp3) is 0.412. The molecule has 1 aromatic heterocycles. The maximum Gasteiger partial charge on any atom is 0.0571 e. The van der Waals surface area contributed by atoms with E-state index in [1.807, 2.05) is 0 Å². The molecule has 3 aliphatic rings. The van der Waals surface area contributed by atoms with E-state index in [0.717, 1.165) is 5.92 Å². The summed E-state index contributed by atoms with van der Waals surface area (Å²) >= 11 is 0. The Kier molecular flexibility index (Phi) is 1.90. The molecule has 0 radical (unpaired) electrons. The molecule has 0 N–H and O–H groups in total. The van der Waals surface area contributed by atoms with E-state index in [1.54, 1.807) is 11.3 Å². The molecule has 1 aromatic carbocycles. The van der Waals surface area contributed by atoms with Crippen molar-refractivity contribution < 1.29 is 0 Å². The topological polar surface area (TPSA) is 8.17 Å². The number of nitrogens with zero attached hydrogens (tertiary/aromatic N) is 2. The molecule has 4 heterocycles. The van der Waals surface area contributed by atoms with Gasteiger partial charge >= 0.3 is 0 Å². The Balaban J connectivity index is 1.87. The molecular formula is C17H18N2. The second-order valence-electron chi connectivity index (χ2n) is 6.13. The van der Waals surface area contributed by atoms with Crippen LogP contribution in [0.4, 0.5) is 0 Å². The molecule has 96 valence electrons. The first-order valence-corrected chi connectivity index (χ1v) is 7.47. The minimum atomic E-state index is 0.648. The van der Waals surface area contributed by atoms with Gasteiger partial charge in [0.2, 0.25) is 0 Å². The molecule has 2 heteroatoms. The lowest BCUT2D eigenvalue weighted by atomic mass is 9.81. The zero-order valence-corrected chi connectivity index (χ0v) is 11.0. The first kappa shape index (κ1) is 10.3. The highest BCUT2D eigenvalue weighted by atomic mass is 15.2. The summed E-state index contributed by atoms with van der Waals surface area (Å²) in [4.78, 5) is 2.72. The van der Waals surface area contributed by atoms with Crippen molar-refractivity contribution in [3.05, 3.63) is 41.6 Å². The molecule has 5 rings (SSSR count). The molecule has 2 nitrogen and oxygen atoms in total. The Morgan fingerprint density at radius 3 is 3.05 bits per heavy atom. The van der Waals surface area contributed by atoms with Crippen molar-refractivity contribution in [3.8, 4) is 0 Å². The highest BCUT2D eigenvalue weighted by Gasteiger charge is 2.40. The Bertz CT molecular complexity index is 695. The number of piperidine rings is 1. The number of aromatic nitrogens is 1. The van der Waals surface area contributed by atoms with Crippen LogP contribution in [0.15, 0.2) is 30.3 Å². The molecule has 2 atom stereocenters. The van der Waals surface area contributed by atoms with Crippen molar-refractivity contribution in [3.63, 3.8) is 0 Å². The molecule has 3 aliphatic heterocycles. The third kappa shape index (κ3) is 1.20. The predicted octanol–water partition coefficient (Wildman–Crippen LogP) is 3.43. The van der Waals surface area contributed by atoms with Gasteiger partial charge in [-0.2, -0.15) is 0 Å². The number of hydrogen-bond donors (Lipinski definition) is 0. The van der Waals surface area contributed by atoms with Crippen molar-refractivity contribution in [2.24, 2.45) is 5.92 Å². The highest BCUT2D eigenvalue weighted by Crippen LogP contribution is 2.46. The number of para-hydroxylation sites is 1. The molecule has 1 fully saturated rings. The third-order valence-corrected chi connectivity index (χ3v) is 5.25. The number of rotatable bonds is 0. The second kappa shape index (κ2) is 3.51. The van der Waals surface area contributed by atoms with E-state index in [-0.39, 0.29) is 0 Å². The van der Waals surface area contributed by atoms with Crippen LogP contribution in [-0.2, 0) is 6.42 Å². The van der Waals surface area contributed by atoms with Crippen LogP contribution in [-0.4, -0.2) is 22.6 Å². The summed E-state index contributed by atoms with van der Waals surface area (Å²) in [7, 11) is 0. The van der Waals surface area contributed by atoms with Crippen LogP contribution in [0.1, 0.15) is 30.1 Å². The molecule has 1 saturated heterocycles. The Hall–Kier alpha value is -1.54. The second-order valence-corrected chi connectivity index (χ2v) is 6.13. The molecule has 0 spiro atoms. The van der Waals surface area contributed by atoms with E-state index in [1.165, 1.54) is 43.3 Å². The maximum absolute atomic E-state index is 2.72. The van der Waals surface area contributed by atoms with Crippen molar-refractivity contribution in [1.82, 2.24) is 9.47 Å². The van der Waals surface area contributed by atoms with Gasteiger partial charge in [0, 0.05) is 23.8 Å². The van der Waals surface area contributed by atoms with Crippen molar-refractivity contribution >= 4 is 17.1 Å². The van der Waals surface area contributed by atoms with Gasteiger partial charge in [0.1, 0.15) is 0 Å². The summed E-state index contributed by atoms with van der Waals surface area (Å²) in [5, 5.41) is 1.48. The minimum absolute atomic E-state index is 0.648. The van der Waals surface area contributed by atoms with Gasteiger partial charge in [0.15, 0.2) is 0 Å². The molecule has 0 amide bonds. The molecule has 2 aromatic rings. The van der Waals surface area contributed by atoms with E-state index in [2.05, 4.69) is 46.0 Å². The van der Waals surface area contributed by atoms with E-state index in [9.17, 15) is 0 Å². The number of benzene rings is 1. The number of hydrogen-bond acceptors (Lipinski definition) is 1. The van der Waals surface area contributed by atoms with Crippen LogP contribution < -0.4 is 0 Å². The van der Waals surface area contributed by atoms with Gasteiger partial charge in [0.25, 0.3) is 0 Å². The van der Waals surface area contributed by atoms with Crippen LogP contribution in [0.5, 0.6) is 0 Å². The number of fused-ring (bicyclic) bond motifs is 3. The van der Waals surface area contributed by atoms with Gasteiger partial charge in [0.05, 0.1) is 11.6 Å². The van der Waals surface area contributed by atoms with Crippen LogP contribution in [0, 0.1) is 5.92 Å². The van der Waals surface area contributed by atoms with Gasteiger partial charge < -0.3 is 4.57 Å². The standard InChI is InChI=1S/C17H18N2/c1-2-6-15-13(5-1)14-8-10-18-9-3-4-12-7-11-19(15)17(14)16(12)18/h1-2,5-7,11-12,16H,3-4,8-10H2. The Morgan fingerprint density at radius 2 is 2.05 bits per heavy atom. The highest BCUT2D eigenvalue weighted by molar-refractivity contribution is 5.88. The van der Waals surface area contributed by atoms with Gasteiger partial charge in [-0.3, -0.25) is 4.90 Å². The molecule has 0 aliphatic carbocycles. The molecule has 0 saturated carbocycles. The van der Waals surface area contributed by atoms with Gasteiger partial charge in [-0.15, -0.1) is 0 Å². The van der Waals surface area contributed by atoms with Gasteiger partial charge in [-0.25, -0.2) is 0 Å². The van der Waals surface area contributed by atoms with Crippen molar-refractivity contribution in [2.75, 3.05) is 13.1 Å². The lowest BCUT2D eigenvalue weighted by molar-refractivity contribution is 0.0982. The summed E-state index contributed by atoms with van der Waals surface area (Å²) in [5.74, 6) is 0.740. The third-order valence-electron chi connectivity index (χ3n) is 5.25. The lowest BCUT2D eigenvalue weighted by Crippen LogP contribution is -2.44. The average Bonchev–Trinajstić information content (AvgIpc) is 2.81. The molecular weight excluding hydrogens is 232 g/mol. The van der Waals surface area contributed by atoms with E-state index in [0.29, 0.717) is 6.04 Å². The quantitative estimate of drug-likeness (QED) is 0.695. The predicted molar refractivity (Wildman–Crippen MR) is 78.0 cm³/mol. The summed E-state index contributed by atoms with van der Waals surface area (Å²) in [5.41, 5.74) is 4.61. The molecule has 0 bridgehead atoms. The van der Waals surface area contributed by atoms with E-state index < -0.39 is 0 Å². The first-order chi connectivity index (χ1) is 9.43. The zero-order valence-electron chi connectivity index (χ0n) is 11.0. The maximum atomic E-state index is 2.72. The molecule has 2 unspecified atom stereocenters. The van der Waals surface area contributed by atoms with Gasteiger partial charge in [-0.1, -0.05) is 24.3 Å². The fourth-order valence-electron chi connectivity index (χ4n) is 4.47. The summed E-state index contributed by atoms with van der Waals surface area (Å²) in [6.45, 7) is 2.53. The minimum Gasteiger partial charge on any atom is -0.319 e. The zero-order chi connectivity index (χ0) is 12.4. The lowest BCUT2D eigenvalue weighted by Gasteiger charge is -2.45. The Labute approximate surface area is 113 Å². The van der Waals surface area contributed by atoms with Crippen LogP contribution in [0.3, 0.4) is 0 Å². The summed E-state index contributed by atoms with van der Waals surface area (Å²) in [6.07, 6.45) is 8.72. The van der Waals surface area contributed by atoms with Crippen LogP contribution in [0.2, 0.25) is 0 Å². The van der Waals surface area contributed by atoms with Crippen LogP contribution >= 0.6 is 0 Å². The summed E-state index contributed by atoms with van der Waals surface area (Å²) in [6, 6.07) is 9.56. The van der Waals surface area contributed by atoms with E-state index in [4.69, 9.17) is 0 Å². The average molecular weight is 250 g/mol. The smallest absolute Gasteiger partial charge is 0.0571 e. The largest absolute Gasteiger partial charge is 0.319 e. The summed E-state index contributed by atoms with van der Waals surface area (Å²) < 4.78 is 2.46. The van der Waals surface area contributed by atoms with Crippen molar-refractivity contribution in [1.29, 1.82) is 0 Å². The normalized spacial score (nSPS) is 28.6. The monoisotopic (exact) mass is 250 g/mol. The van der Waals surface area contributed by atoms with Crippen LogP contribution in [0.25, 0.3) is 17.1 Å². The SMILES string of the molecule is C1=Cn2c3c(c4ccccc42)CCN2CCCC1C32. The van der Waals surface area contributed by atoms with E-state index >= 15 is 0 Å².